The van der Waals surface area contributed by atoms with Crippen LogP contribution in [-0.4, -0.2) is 43.6 Å². The number of amides is 2. The maximum atomic E-state index is 11.5. The van der Waals surface area contributed by atoms with Gasteiger partial charge in [-0.25, -0.2) is 4.79 Å². The fourth-order valence-electron chi connectivity index (χ4n) is 1.58. The van der Waals surface area contributed by atoms with Gasteiger partial charge in [-0.15, -0.1) is 0 Å². The van der Waals surface area contributed by atoms with Crippen molar-refractivity contribution >= 4 is 12.0 Å². The summed E-state index contributed by atoms with van der Waals surface area (Å²) < 4.78 is 4.71. The van der Waals surface area contributed by atoms with Crippen LogP contribution in [0, 0.1) is 11.8 Å². The van der Waals surface area contributed by atoms with E-state index in [-0.39, 0.29) is 12.6 Å². The highest BCUT2D eigenvalue weighted by atomic mass is 16.5. The van der Waals surface area contributed by atoms with Gasteiger partial charge in [0.2, 0.25) is 0 Å². The van der Waals surface area contributed by atoms with Gasteiger partial charge in [0.05, 0.1) is 6.61 Å². The van der Waals surface area contributed by atoms with Crippen molar-refractivity contribution in [3.63, 3.8) is 0 Å². The Morgan fingerprint density at radius 2 is 2.12 bits per heavy atom. The Kier molecular flexibility index (Phi) is 4.58. The quantitative estimate of drug-likeness (QED) is 0.710. The summed E-state index contributed by atoms with van der Waals surface area (Å²) in [7, 11) is 1.74. The lowest BCUT2D eigenvalue weighted by Gasteiger charge is -2.17. The van der Waals surface area contributed by atoms with E-state index < -0.39 is 5.97 Å². The topological polar surface area (TPSA) is 58.6 Å². The lowest BCUT2D eigenvalue weighted by atomic mass is 10.3. The van der Waals surface area contributed by atoms with Gasteiger partial charge < -0.3 is 15.0 Å². The maximum absolute atomic E-state index is 11.5. The fraction of sp³-hybridized carbons (Fsp3) is 0.818. The lowest BCUT2D eigenvalue weighted by Crippen LogP contribution is -2.41. The van der Waals surface area contributed by atoms with Gasteiger partial charge in [0.15, 0.2) is 0 Å². The van der Waals surface area contributed by atoms with Crippen LogP contribution >= 0.6 is 0 Å². The van der Waals surface area contributed by atoms with Gasteiger partial charge in [0.25, 0.3) is 0 Å². The minimum atomic E-state index is -0.399. The third kappa shape index (κ3) is 4.08. The number of ether oxygens (including phenoxy) is 1. The van der Waals surface area contributed by atoms with Crippen LogP contribution < -0.4 is 5.32 Å². The van der Waals surface area contributed by atoms with Gasteiger partial charge in [0, 0.05) is 13.6 Å². The molecule has 0 aromatic heterocycles. The van der Waals surface area contributed by atoms with E-state index in [9.17, 15) is 9.59 Å². The average molecular weight is 228 g/mol. The average Bonchev–Trinajstić information content (AvgIpc) is 2.91. The highest BCUT2D eigenvalue weighted by molar-refractivity contribution is 5.80. The smallest absolute Gasteiger partial charge is 0.325 e. The van der Waals surface area contributed by atoms with Crippen LogP contribution in [-0.2, 0) is 9.53 Å². The van der Waals surface area contributed by atoms with E-state index in [1.807, 2.05) is 0 Å². The summed E-state index contributed by atoms with van der Waals surface area (Å²) in [5, 5.41) is 2.53. The number of hydrogen-bond donors (Lipinski definition) is 1. The van der Waals surface area contributed by atoms with Crippen molar-refractivity contribution in [2.24, 2.45) is 11.8 Å². The monoisotopic (exact) mass is 228 g/mol. The first-order valence-corrected chi connectivity index (χ1v) is 5.69. The Bertz CT molecular complexity index is 268. The Balaban J connectivity index is 2.16. The van der Waals surface area contributed by atoms with Crippen LogP contribution in [0.1, 0.15) is 20.3 Å². The third-order valence-electron chi connectivity index (χ3n) is 2.82. The van der Waals surface area contributed by atoms with Gasteiger partial charge in [-0.2, -0.15) is 0 Å². The summed E-state index contributed by atoms with van der Waals surface area (Å²) in [5.41, 5.74) is 0. The zero-order valence-corrected chi connectivity index (χ0v) is 10.2. The molecule has 5 nitrogen and oxygen atoms in total. The van der Waals surface area contributed by atoms with E-state index in [2.05, 4.69) is 12.2 Å². The van der Waals surface area contributed by atoms with Crippen molar-refractivity contribution < 1.29 is 14.3 Å². The number of hydrogen-bond acceptors (Lipinski definition) is 3. The lowest BCUT2D eigenvalue weighted by molar-refractivity contribution is -0.141. The summed E-state index contributed by atoms with van der Waals surface area (Å²) in [6.07, 6.45) is 1.19. The highest BCUT2D eigenvalue weighted by Gasteiger charge is 2.34. The third-order valence-corrected chi connectivity index (χ3v) is 2.82. The second-order valence-corrected chi connectivity index (χ2v) is 4.32. The Labute approximate surface area is 96.1 Å². The van der Waals surface area contributed by atoms with E-state index in [1.54, 1.807) is 18.9 Å². The molecule has 2 unspecified atom stereocenters. The van der Waals surface area contributed by atoms with Gasteiger partial charge in [-0.1, -0.05) is 6.92 Å². The summed E-state index contributed by atoms with van der Waals surface area (Å²) >= 11 is 0. The summed E-state index contributed by atoms with van der Waals surface area (Å²) in [6, 6.07) is -0.216. The summed E-state index contributed by atoms with van der Waals surface area (Å²) in [4.78, 5) is 24.1. The Morgan fingerprint density at radius 1 is 1.50 bits per heavy atom. The maximum Gasteiger partial charge on any atom is 0.325 e. The summed E-state index contributed by atoms with van der Waals surface area (Å²) in [5.74, 6) is 0.947. The number of esters is 1. The van der Waals surface area contributed by atoms with Crippen LogP contribution in [0.4, 0.5) is 4.79 Å². The first kappa shape index (κ1) is 12.8. The number of carbonyl (C=O) groups excluding carboxylic acids is 2. The second-order valence-electron chi connectivity index (χ2n) is 4.32. The Morgan fingerprint density at radius 3 is 2.62 bits per heavy atom. The van der Waals surface area contributed by atoms with Gasteiger partial charge in [-0.05, 0) is 25.2 Å². The predicted molar refractivity (Wildman–Crippen MR) is 59.9 cm³/mol. The number of nitrogens with one attached hydrogen (secondary N) is 1. The molecule has 0 saturated heterocycles. The fourth-order valence-corrected chi connectivity index (χ4v) is 1.58. The van der Waals surface area contributed by atoms with Crippen molar-refractivity contribution in [3.8, 4) is 0 Å². The van der Waals surface area contributed by atoms with Crippen LogP contribution in [0.3, 0.4) is 0 Å². The van der Waals surface area contributed by atoms with Crippen molar-refractivity contribution in [3.05, 3.63) is 0 Å². The molecule has 1 N–H and O–H groups in total. The van der Waals surface area contributed by atoms with Gasteiger partial charge >= 0.3 is 12.0 Å². The molecular formula is C11H20N2O3. The van der Waals surface area contributed by atoms with Crippen LogP contribution in [0.2, 0.25) is 0 Å². The predicted octanol–water partition coefficient (Wildman–Crippen LogP) is 0.847. The molecule has 0 radical (unpaired) electrons. The SMILES string of the molecule is CCOC(=O)CNC(=O)N(C)CC1CC1C. The van der Waals surface area contributed by atoms with E-state index in [0.717, 1.165) is 12.5 Å². The molecule has 1 saturated carbocycles. The number of urea groups is 1. The van der Waals surface area contributed by atoms with E-state index in [0.29, 0.717) is 12.5 Å². The summed E-state index contributed by atoms with van der Waals surface area (Å²) in [6.45, 7) is 4.95. The number of carbonyl (C=O) groups is 2. The first-order chi connectivity index (χ1) is 7.54. The Hall–Kier alpha value is -1.26. The molecule has 0 aliphatic heterocycles. The van der Waals surface area contributed by atoms with Crippen LogP contribution in [0.25, 0.3) is 0 Å². The minimum absolute atomic E-state index is 0.0583. The standard InChI is InChI=1S/C11H20N2O3/c1-4-16-10(14)6-12-11(15)13(3)7-9-5-8(9)2/h8-9H,4-7H2,1-3H3,(H,12,15). The van der Waals surface area contributed by atoms with E-state index in [4.69, 9.17) is 4.74 Å². The zero-order valence-electron chi connectivity index (χ0n) is 10.2. The molecule has 1 aliphatic carbocycles. The van der Waals surface area contributed by atoms with E-state index in [1.165, 1.54) is 6.42 Å². The first-order valence-electron chi connectivity index (χ1n) is 5.69. The van der Waals surface area contributed by atoms with Crippen molar-refractivity contribution in [2.75, 3.05) is 26.7 Å². The van der Waals surface area contributed by atoms with Crippen LogP contribution in [0.15, 0.2) is 0 Å². The molecule has 16 heavy (non-hydrogen) atoms. The molecule has 1 fully saturated rings. The molecule has 0 heterocycles. The second kappa shape index (κ2) is 5.72. The molecule has 0 bridgehead atoms. The molecule has 0 aromatic rings. The molecule has 0 spiro atoms. The molecule has 0 aromatic carbocycles. The van der Waals surface area contributed by atoms with Crippen LogP contribution in [0.5, 0.6) is 0 Å². The minimum Gasteiger partial charge on any atom is -0.465 e. The highest BCUT2D eigenvalue weighted by Crippen LogP contribution is 2.37. The molecule has 5 heteroatoms. The van der Waals surface area contributed by atoms with Gasteiger partial charge in [0.1, 0.15) is 6.54 Å². The van der Waals surface area contributed by atoms with Crippen molar-refractivity contribution in [2.45, 2.75) is 20.3 Å². The van der Waals surface area contributed by atoms with E-state index >= 15 is 0 Å². The largest absolute Gasteiger partial charge is 0.465 e. The molecule has 92 valence electrons. The molecule has 1 aliphatic rings. The molecule has 1 rings (SSSR count). The number of nitrogens with zero attached hydrogens (tertiary/aromatic N) is 1. The van der Waals surface area contributed by atoms with Gasteiger partial charge in [-0.3, -0.25) is 4.79 Å². The molecule has 2 amide bonds. The normalized spacial score (nSPS) is 22.4. The molecule has 2 atom stereocenters. The van der Waals surface area contributed by atoms with Crippen molar-refractivity contribution in [1.29, 1.82) is 0 Å². The zero-order chi connectivity index (χ0) is 12.1. The van der Waals surface area contributed by atoms with Crippen molar-refractivity contribution in [1.82, 2.24) is 10.2 Å². The number of rotatable bonds is 5. The molecular weight excluding hydrogens is 208 g/mol.